The molecule has 2 heterocycles. The number of benzene rings is 3. The number of rotatable bonds is 3. The lowest BCUT2D eigenvalue weighted by Crippen LogP contribution is -2.01. The van der Waals surface area contributed by atoms with Crippen LogP contribution in [0.1, 0.15) is 15.2 Å². The van der Waals surface area contributed by atoms with Gasteiger partial charge in [0.2, 0.25) is 5.78 Å². The van der Waals surface area contributed by atoms with Crippen LogP contribution in [-0.4, -0.2) is 15.2 Å². The third-order valence-electron chi connectivity index (χ3n) is 4.45. The first-order valence-electron chi connectivity index (χ1n) is 8.38. The van der Waals surface area contributed by atoms with E-state index < -0.39 is 0 Å². The van der Waals surface area contributed by atoms with Crippen molar-refractivity contribution in [3.8, 4) is 11.3 Å². The summed E-state index contributed by atoms with van der Waals surface area (Å²) in [6.45, 7) is 0. The van der Waals surface area contributed by atoms with Crippen molar-refractivity contribution in [2.75, 3.05) is 0 Å². The van der Waals surface area contributed by atoms with E-state index in [-0.39, 0.29) is 5.78 Å². The van der Waals surface area contributed by atoms with E-state index in [0.29, 0.717) is 5.56 Å². The number of para-hydroxylation sites is 2. The number of hydrogen-bond donors (Lipinski definition) is 0. The first-order chi connectivity index (χ1) is 12.8. The summed E-state index contributed by atoms with van der Waals surface area (Å²) in [4.78, 5) is 19.5. The molecule has 5 rings (SSSR count). The van der Waals surface area contributed by atoms with E-state index in [1.165, 1.54) is 11.3 Å². The standard InChI is InChI=1S/C22H14N2OS/c25-20(16-11-5-2-6-12-16)21-19(15-9-3-1-4-10-15)24-18-14-8-7-13-17(18)23-22(24)26-21/h1-14H. The van der Waals surface area contributed by atoms with Crippen LogP contribution in [0.15, 0.2) is 84.9 Å². The van der Waals surface area contributed by atoms with Gasteiger partial charge in [-0.2, -0.15) is 0 Å². The van der Waals surface area contributed by atoms with Crippen molar-refractivity contribution >= 4 is 33.1 Å². The molecular weight excluding hydrogens is 340 g/mol. The molecule has 3 nitrogen and oxygen atoms in total. The van der Waals surface area contributed by atoms with Crippen molar-refractivity contribution in [2.45, 2.75) is 0 Å². The Balaban J connectivity index is 1.85. The average Bonchev–Trinajstić information content (AvgIpc) is 3.25. The maximum atomic E-state index is 13.2. The molecule has 5 aromatic rings. The van der Waals surface area contributed by atoms with E-state index in [2.05, 4.69) is 4.40 Å². The van der Waals surface area contributed by atoms with Gasteiger partial charge in [0.1, 0.15) is 4.88 Å². The van der Waals surface area contributed by atoms with E-state index >= 15 is 0 Å². The summed E-state index contributed by atoms with van der Waals surface area (Å²) in [7, 11) is 0. The van der Waals surface area contributed by atoms with Crippen LogP contribution in [0.5, 0.6) is 0 Å². The Kier molecular flexibility index (Phi) is 3.43. The van der Waals surface area contributed by atoms with E-state index in [9.17, 15) is 4.79 Å². The highest BCUT2D eigenvalue weighted by molar-refractivity contribution is 7.19. The molecule has 2 aromatic heterocycles. The summed E-state index contributed by atoms with van der Waals surface area (Å²) in [5, 5.41) is 0. The quantitative estimate of drug-likeness (QED) is 0.404. The molecule has 0 saturated heterocycles. The normalized spacial score (nSPS) is 11.2. The molecule has 4 heteroatoms. The van der Waals surface area contributed by atoms with Gasteiger partial charge in [-0.3, -0.25) is 9.20 Å². The lowest BCUT2D eigenvalue weighted by molar-refractivity contribution is 0.104. The van der Waals surface area contributed by atoms with Gasteiger partial charge < -0.3 is 0 Å². The van der Waals surface area contributed by atoms with Gasteiger partial charge in [-0.15, -0.1) is 0 Å². The first kappa shape index (κ1) is 15.0. The molecule has 0 saturated carbocycles. The predicted octanol–water partition coefficient (Wildman–Crippen LogP) is 5.45. The molecule has 0 aliphatic carbocycles. The third-order valence-corrected chi connectivity index (χ3v) is 5.49. The summed E-state index contributed by atoms with van der Waals surface area (Å²) in [5.41, 5.74) is 4.58. The van der Waals surface area contributed by atoms with Gasteiger partial charge in [-0.05, 0) is 12.1 Å². The zero-order chi connectivity index (χ0) is 17.5. The molecule has 0 spiro atoms. The van der Waals surface area contributed by atoms with Crippen LogP contribution in [0.2, 0.25) is 0 Å². The summed E-state index contributed by atoms with van der Waals surface area (Å²) in [5.74, 6) is 0.0315. The summed E-state index contributed by atoms with van der Waals surface area (Å²) in [6, 6.07) is 27.5. The SMILES string of the molecule is O=C(c1ccccc1)c1sc2nc3ccccc3n2c1-c1ccccc1. The van der Waals surface area contributed by atoms with Crippen molar-refractivity contribution in [1.29, 1.82) is 0 Å². The minimum atomic E-state index is 0.0315. The van der Waals surface area contributed by atoms with Crippen LogP contribution in [0.3, 0.4) is 0 Å². The zero-order valence-corrected chi connectivity index (χ0v) is 14.6. The number of ketones is 1. The number of carbonyl (C=O) groups is 1. The monoisotopic (exact) mass is 354 g/mol. The lowest BCUT2D eigenvalue weighted by atomic mass is 10.0. The molecular formula is C22H14N2OS. The summed E-state index contributed by atoms with van der Waals surface area (Å²) >= 11 is 1.45. The predicted molar refractivity (Wildman–Crippen MR) is 106 cm³/mol. The Hall–Kier alpha value is -3.24. The molecule has 0 atom stereocenters. The Morgan fingerprint density at radius 1 is 0.808 bits per heavy atom. The smallest absolute Gasteiger partial charge is 0.205 e. The minimum Gasteiger partial charge on any atom is -0.288 e. The van der Waals surface area contributed by atoms with Crippen LogP contribution >= 0.6 is 11.3 Å². The highest BCUT2D eigenvalue weighted by atomic mass is 32.1. The first-order valence-corrected chi connectivity index (χ1v) is 9.20. The van der Waals surface area contributed by atoms with Crippen molar-refractivity contribution in [3.63, 3.8) is 0 Å². The van der Waals surface area contributed by atoms with Crippen LogP contribution in [-0.2, 0) is 0 Å². The second-order valence-corrected chi connectivity index (χ2v) is 7.04. The maximum Gasteiger partial charge on any atom is 0.205 e. The van der Waals surface area contributed by atoms with Crippen molar-refractivity contribution in [2.24, 2.45) is 0 Å². The van der Waals surface area contributed by atoms with Gasteiger partial charge in [0.25, 0.3) is 0 Å². The number of imidazole rings is 1. The summed E-state index contributed by atoms with van der Waals surface area (Å²) in [6.07, 6.45) is 0. The van der Waals surface area contributed by atoms with Crippen LogP contribution < -0.4 is 0 Å². The van der Waals surface area contributed by atoms with Gasteiger partial charge in [-0.25, -0.2) is 4.98 Å². The van der Waals surface area contributed by atoms with E-state index in [4.69, 9.17) is 4.98 Å². The van der Waals surface area contributed by atoms with E-state index in [0.717, 1.165) is 32.1 Å². The molecule has 0 aliphatic rings. The molecule has 124 valence electrons. The minimum absolute atomic E-state index is 0.0315. The Morgan fingerprint density at radius 3 is 2.23 bits per heavy atom. The molecule has 0 bridgehead atoms. The third kappa shape index (κ3) is 2.27. The molecule has 0 fully saturated rings. The second-order valence-electron chi connectivity index (χ2n) is 6.06. The fourth-order valence-electron chi connectivity index (χ4n) is 3.26. The van der Waals surface area contributed by atoms with Crippen LogP contribution in [0.25, 0.3) is 27.3 Å². The highest BCUT2D eigenvalue weighted by Crippen LogP contribution is 2.36. The average molecular weight is 354 g/mol. The van der Waals surface area contributed by atoms with Gasteiger partial charge in [0.05, 0.1) is 16.7 Å². The molecule has 3 aromatic carbocycles. The Labute approximate surface area is 154 Å². The fourth-order valence-corrected chi connectivity index (χ4v) is 4.38. The molecule has 0 radical (unpaired) electrons. The number of nitrogens with zero attached hydrogens (tertiary/aromatic N) is 2. The lowest BCUT2D eigenvalue weighted by Gasteiger charge is -2.06. The fraction of sp³-hybridized carbons (Fsp3) is 0. The highest BCUT2D eigenvalue weighted by Gasteiger charge is 2.23. The molecule has 0 aliphatic heterocycles. The van der Waals surface area contributed by atoms with Gasteiger partial charge in [0, 0.05) is 11.1 Å². The maximum absolute atomic E-state index is 13.2. The summed E-state index contributed by atoms with van der Waals surface area (Å²) < 4.78 is 2.10. The topological polar surface area (TPSA) is 34.4 Å². The van der Waals surface area contributed by atoms with Crippen molar-refractivity contribution in [1.82, 2.24) is 9.38 Å². The number of carbonyl (C=O) groups excluding carboxylic acids is 1. The number of fused-ring (bicyclic) bond motifs is 3. The van der Waals surface area contributed by atoms with E-state index in [1.807, 2.05) is 84.9 Å². The van der Waals surface area contributed by atoms with Crippen LogP contribution in [0, 0.1) is 0 Å². The second kappa shape index (κ2) is 5.93. The largest absolute Gasteiger partial charge is 0.288 e. The molecule has 0 unspecified atom stereocenters. The molecule has 0 amide bonds. The zero-order valence-electron chi connectivity index (χ0n) is 13.8. The van der Waals surface area contributed by atoms with Gasteiger partial charge >= 0.3 is 0 Å². The Bertz CT molecular complexity index is 1240. The number of thiazole rings is 1. The molecule has 0 N–H and O–H groups in total. The number of hydrogen-bond acceptors (Lipinski definition) is 3. The molecule has 26 heavy (non-hydrogen) atoms. The van der Waals surface area contributed by atoms with Crippen molar-refractivity contribution in [3.05, 3.63) is 95.4 Å². The van der Waals surface area contributed by atoms with Crippen molar-refractivity contribution < 1.29 is 4.79 Å². The Morgan fingerprint density at radius 2 is 1.46 bits per heavy atom. The number of aromatic nitrogens is 2. The van der Waals surface area contributed by atoms with Crippen LogP contribution in [0.4, 0.5) is 0 Å². The van der Waals surface area contributed by atoms with E-state index in [1.54, 1.807) is 0 Å². The van der Waals surface area contributed by atoms with Gasteiger partial charge in [0.15, 0.2) is 4.96 Å². The van der Waals surface area contributed by atoms with Gasteiger partial charge in [-0.1, -0.05) is 84.1 Å².